The second-order valence-electron chi connectivity index (χ2n) is 4.12. The molecule has 0 saturated heterocycles. The van der Waals surface area contributed by atoms with Crippen LogP contribution in [0, 0.1) is 5.82 Å². The molecular formula is C14H15BrFNO2. The third kappa shape index (κ3) is 3.23. The van der Waals surface area contributed by atoms with Crippen LogP contribution in [-0.4, -0.2) is 14.2 Å². The van der Waals surface area contributed by atoms with Crippen molar-refractivity contribution < 1.29 is 13.5 Å². The maximum absolute atomic E-state index is 14.0. The molecule has 0 fully saturated rings. The van der Waals surface area contributed by atoms with Crippen LogP contribution in [0.15, 0.2) is 39.2 Å². The first-order valence-corrected chi connectivity index (χ1v) is 6.64. The van der Waals surface area contributed by atoms with Crippen molar-refractivity contribution in [3.05, 3.63) is 57.7 Å². The summed E-state index contributed by atoms with van der Waals surface area (Å²) >= 11 is 3.25. The molecule has 0 radical (unpaired) electrons. The van der Waals surface area contributed by atoms with Gasteiger partial charge in [0.15, 0.2) is 0 Å². The number of hydrogen-bond acceptors (Lipinski definition) is 3. The number of nitrogens with one attached hydrogen (secondary N) is 1. The first-order chi connectivity index (χ1) is 9.15. The monoisotopic (exact) mass is 327 g/mol. The first kappa shape index (κ1) is 14.2. The van der Waals surface area contributed by atoms with E-state index in [0.29, 0.717) is 22.4 Å². The smallest absolute Gasteiger partial charge is 0.129 e. The van der Waals surface area contributed by atoms with E-state index in [1.807, 2.05) is 18.2 Å². The Hall–Kier alpha value is -1.17. The third-order valence-electron chi connectivity index (χ3n) is 2.82. The van der Waals surface area contributed by atoms with Crippen LogP contribution in [0.5, 0.6) is 0 Å². The Balaban J connectivity index is 2.32. The Kier molecular flexibility index (Phi) is 4.74. The van der Waals surface area contributed by atoms with Crippen LogP contribution >= 0.6 is 15.9 Å². The Bertz CT molecular complexity index is 556. The fraction of sp³-hybridized carbons (Fsp3) is 0.286. The highest BCUT2D eigenvalue weighted by Gasteiger charge is 2.19. The molecule has 0 bridgehead atoms. The molecule has 2 aromatic rings. The van der Waals surface area contributed by atoms with Crippen molar-refractivity contribution in [2.75, 3.05) is 14.2 Å². The molecule has 0 spiro atoms. The highest BCUT2D eigenvalue weighted by Crippen LogP contribution is 2.27. The highest BCUT2D eigenvalue weighted by atomic mass is 79.9. The number of methoxy groups -OCH3 is 1. The fourth-order valence-corrected chi connectivity index (χ4v) is 2.29. The lowest BCUT2D eigenvalue weighted by atomic mass is 10.0. The van der Waals surface area contributed by atoms with Crippen LogP contribution in [0.1, 0.15) is 23.1 Å². The maximum atomic E-state index is 14.0. The van der Waals surface area contributed by atoms with Crippen LogP contribution < -0.4 is 5.32 Å². The minimum absolute atomic E-state index is 0.279. The average molecular weight is 328 g/mol. The van der Waals surface area contributed by atoms with Gasteiger partial charge in [-0.15, -0.1) is 0 Å². The highest BCUT2D eigenvalue weighted by molar-refractivity contribution is 9.10. The molecule has 0 amide bonds. The summed E-state index contributed by atoms with van der Waals surface area (Å²) in [5.74, 6) is 1.10. The van der Waals surface area contributed by atoms with E-state index < -0.39 is 0 Å². The van der Waals surface area contributed by atoms with E-state index in [-0.39, 0.29) is 11.9 Å². The molecule has 1 N–H and O–H groups in total. The Morgan fingerprint density at radius 2 is 2.16 bits per heavy atom. The third-order valence-corrected chi connectivity index (χ3v) is 3.31. The van der Waals surface area contributed by atoms with Gasteiger partial charge in [0, 0.05) is 17.1 Å². The van der Waals surface area contributed by atoms with E-state index in [0.717, 1.165) is 5.76 Å². The van der Waals surface area contributed by atoms with Gasteiger partial charge in [0.2, 0.25) is 0 Å². The summed E-state index contributed by atoms with van der Waals surface area (Å²) in [5, 5.41) is 3.06. The largest absolute Gasteiger partial charge is 0.462 e. The van der Waals surface area contributed by atoms with E-state index >= 15 is 0 Å². The van der Waals surface area contributed by atoms with Crippen molar-refractivity contribution in [2.24, 2.45) is 0 Å². The summed E-state index contributed by atoms with van der Waals surface area (Å²) in [6.07, 6.45) is 0. The number of rotatable bonds is 5. The molecule has 2 rings (SSSR count). The zero-order valence-corrected chi connectivity index (χ0v) is 12.3. The SMILES string of the molecule is CNC(c1ccc(COC)o1)c1ccc(Br)cc1F. The fourth-order valence-electron chi connectivity index (χ4n) is 1.96. The number of halogens is 2. The van der Waals surface area contributed by atoms with Crippen LogP contribution in [0.25, 0.3) is 0 Å². The molecule has 1 unspecified atom stereocenters. The molecular weight excluding hydrogens is 313 g/mol. The van der Waals surface area contributed by atoms with Crippen LogP contribution in [0.2, 0.25) is 0 Å². The number of ether oxygens (including phenoxy) is 1. The van der Waals surface area contributed by atoms with Crippen LogP contribution in [-0.2, 0) is 11.3 Å². The summed E-state index contributed by atoms with van der Waals surface area (Å²) in [5.41, 5.74) is 0.545. The van der Waals surface area contributed by atoms with Gasteiger partial charge in [-0.1, -0.05) is 22.0 Å². The van der Waals surface area contributed by atoms with Crippen molar-refractivity contribution in [3.63, 3.8) is 0 Å². The van der Waals surface area contributed by atoms with Gasteiger partial charge in [0.1, 0.15) is 23.9 Å². The second-order valence-corrected chi connectivity index (χ2v) is 5.04. The van der Waals surface area contributed by atoms with Crippen molar-refractivity contribution in [3.8, 4) is 0 Å². The quantitative estimate of drug-likeness (QED) is 0.910. The van der Waals surface area contributed by atoms with Gasteiger partial charge in [-0.3, -0.25) is 0 Å². The zero-order valence-electron chi connectivity index (χ0n) is 10.7. The molecule has 0 saturated carbocycles. The lowest BCUT2D eigenvalue weighted by molar-refractivity contribution is 0.162. The van der Waals surface area contributed by atoms with Crippen molar-refractivity contribution in [1.29, 1.82) is 0 Å². The van der Waals surface area contributed by atoms with Gasteiger partial charge in [0.25, 0.3) is 0 Å². The minimum atomic E-state index is -0.321. The van der Waals surface area contributed by atoms with Gasteiger partial charge in [-0.2, -0.15) is 0 Å². The van der Waals surface area contributed by atoms with Gasteiger partial charge in [0.05, 0.1) is 6.04 Å². The molecule has 102 valence electrons. The van der Waals surface area contributed by atoms with Crippen molar-refractivity contribution in [2.45, 2.75) is 12.6 Å². The molecule has 5 heteroatoms. The lowest BCUT2D eigenvalue weighted by Gasteiger charge is -2.15. The molecule has 1 aromatic heterocycles. The lowest BCUT2D eigenvalue weighted by Crippen LogP contribution is -2.18. The van der Waals surface area contributed by atoms with Crippen LogP contribution in [0.3, 0.4) is 0 Å². The van der Waals surface area contributed by atoms with E-state index in [4.69, 9.17) is 9.15 Å². The standard InChI is InChI=1S/C14H15BrFNO2/c1-17-14(11-5-3-9(15)7-12(11)16)13-6-4-10(19-13)8-18-2/h3-7,14,17H,8H2,1-2H3. The topological polar surface area (TPSA) is 34.4 Å². The normalized spacial score (nSPS) is 12.6. The molecule has 0 aliphatic heterocycles. The van der Waals surface area contributed by atoms with E-state index in [1.54, 1.807) is 20.2 Å². The molecule has 3 nitrogen and oxygen atoms in total. The zero-order chi connectivity index (χ0) is 13.8. The summed E-state index contributed by atoms with van der Waals surface area (Å²) in [6, 6.07) is 8.33. The second kappa shape index (κ2) is 6.32. The maximum Gasteiger partial charge on any atom is 0.129 e. The predicted molar refractivity (Wildman–Crippen MR) is 74.4 cm³/mol. The summed E-state index contributed by atoms with van der Waals surface area (Å²) in [4.78, 5) is 0. The van der Waals surface area contributed by atoms with Gasteiger partial charge in [-0.05, 0) is 31.3 Å². The Labute approximate surface area is 119 Å². The van der Waals surface area contributed by atoms with Crippen LogP contribution in [0.4, 0.5) is 4.39 Å². The van der Waals surface area contributed by atoms with E-state index in [9.17, 15) is 4.39 Å². The van der Waals surface area contributed by atoms with Gasteiger partial charge < -0.3 is 14.5 Å². The average Bonchev–Trinajstić information content (AvgIpc) is 2.82. The summed E-state index contributed by atoms with van der Waals surface area (Å²) in [6.45, 7) is 0.402. The Morgan fingerprint density at radius 3 is 2.79 bits per heavy atom. The summed E-state index contributed by atoms with van der Waals surface area (Å²) in [7, 11) is 3.37. The molecule has 0 aliphatic carbocycles. The number of benzene rings is 1. The van der Waals surface area contributed by atoms with E-state index in [1.165, 1.54) is 6.07 Å². The van der Waals surface area contributed by atoms with Crippen molar-refractivity contribution >= 4 is 15.9 Å². The molecule has 1 atom stereocenters. The molecule has 0 aliphatic rings. The number of hydrogen-bond donors (Lipinski definition) is 1. The molecule has 1 aromatic carbocycles. The predicted octanol–water partition coefficient (Wildman–Crippen LogP) is 3.64. The molecule has 1 heterocycles. The van der Waals surface area contributed by atoms with Gasteiger partial charge in [-0.25, -0.2) is 4.39 Å². The summed E-state index contributed by atoms with van der Waals surface area (Å²) < 4.78 is 25.4. The molecule has 19 heavy (non-hydrogen) atoms. The van der Waals surface area contributed by atoms with E-state index in [2.05, 4.69) is 21.2 Å². The minimum Gasteiger partial charge on any atom is -0.462 e. The Morgan fingerprint density at radius 1 is 1.37 bits per heavy atom. The van der Waals surface area contributed by atoms with Crippen molar-refractivity contribution in [1.82, 2.24) is 5.32 Å². The first-order valence-electron chi connectivity index (χ1n) is 5.85. The van der Waals surface area contributed by atoms with Gasteiger partial charge >= 0.3 is 0 Å². The number of furan rings is 1.